The molecule has 0 atom stereocenters. The van der Waals surface area contributed by atoms with Gasteiger partial charge in [-0.25, -0.2) is 13.2 Å². The van der Waals surface area contributed by atoms with Crippen LogP contribution in [0.25, 0.3) is 16.0 Å². The first-order valence-electron chi connectivity index (χ1n) is 20.8. The van der Waals surface area contributed by atoms with E-state index in [0.29, 0.717) is 16.7 Å². The maximum absolute atomic E-state index is 13.6. The maximum atomic E-state index is 13.6. The van der Waals surface area contributed by atoms with E-state index in [9.17, 15) is 13.2 Å². The van der Waals surface area contributed by atoms with Crippen molar-refractivity contribution in [1.29, 1.82) is 4.17 Å². The van der Waals surface area contributed by atoms with Gasteiger partial charge in [-0.05, 0) is 39.0 Å². The number of halogens is 3. The molecule has 0 saturated heterocycles. The molecule has 0 spiro atoms. The Kier molecular flexibility index (Phi) is 6.95. The van der Waals surface area contributed by atoms with E-state index < -0.39 is 75.2 Å². The number of benzene rings is 3. The van der Waals surface area contributed by atoms with Crippen molar-refractivity contribution in [2.24, 2.45) is 0 Å². The van der Waals surface area contributed by atoms with Gasteiger partial charge in [0.25, 0.3) is 0 Å². The molecule has 0 bridgehead atoms. The Morgan fingerprint density at radius 2 is 0.756 bits per heavy atom. The summed E-state index contributed by atoms with van der Waals surface area (Å²) in [6.45, 7) is -9.17. The van der Waals surface area contributed by atoms with Crippen LogP contribution in [-0.4, -0.2) is 16.6 Å². The number of rotatable bonds is 3. The molecule has 0 aliphatic rings. The molecule has 4 nitrogen and oxygen atoms in total. The predicted molar refractivity (Wildman–Crippen MR) is 163 cm³/mol. The third kappa shape index (κ3) is 17.5. The summed E-state index contributed by atoms with van der Waals surface area (Å²) in [4.78, 5) is 0. The second-order valence-corrected chi connectivity index (χ2v) is 9.42. The van der Waals surface area contributed by atoms with E-state index >= 15 is 0 Å². The van der Waals surface area contributed by atoms with Gasteiger partial charge in [0, 0.05) is 24.7 Å². The van der Waals surface area contributed by atoms with E-state index in [1.165, 1.54) is 36.4 Å². The molecule has 0 aliphatic carbocycles. The van der Waals surface area contributed by atoms with Crippen molar-refractivity contribution in [2.45, 2.75) is 99.3 Å². The van der Waals surface area contributed by atoms with E-state index in [1.807, 2.05) is 0 Å². The number of hydrogen-bond donors (Lipinski definition) is 0. The van der Waals surface area contributed by atoms with Gasteiger partial charge in [-0.1, -0.05) is 115 Å². The predicted octanol–water partition coefficient (Wildman–Crippen LogP) is 11.8. The summed E-state index contributed by atoms with van der Waals surface area (Å²) in [7, 11) is 0. The van der Waals surface area contributed by atoms with Crippen LogP contribution in [0.5, 0.6) is 0 Å². The summed E-state index contributed by atoms with van der Waals surface area (Å²) in [6, 6.07) is 11.9. The van der Waals surface area contributed by atoms with Crippen molar-refractivity contribution in [2.75, 3.05) is 0 Å². The zero-order chi connectivity index (χ0) is 47.2. The van der Waals surface area contributed by atoms with E-state index in [4.69, 9.17) is 28.8 Å². The molecule has 227 valence electrons. The molecule has 0 aromatic heterocycles. The van der Waals surface area contributed by atoms with Crippen LogP contribution in [0.2, 0.25) is 0 Å². The van der Waals surface area contributed by atoms with Crippen LogP contribution in [0.1, 0.15) is 103 Å². The minimum atomic E-state index is -2.87. The molecule has 8 heteroatoms. The fourth-order valence-electron chi connectivity index (χ4n) is 2.85. The van der Waals surface area contributed by atoms with Gasteiger partial charge < -0.3 is 16.0 Å². The van der Waals surface area contributed by atoms with Gasteiger partial charge in [-0.3, -0.25) is 0 Å². The summed E-state index contributed by atoms with van der Waals surface area (Å²) in [5.41, 5.74) is -5.83. The van der Waals surface area contributed by atoms with Crippen LogP contribution in [0.4, 0.5) is 30.2 Å². The molecule has 3 aromatic carbocycles. The third-order valence-electron chi connectivity index (χ3n) is 4.34. The summed E-state index contributed by atoms with van der Waals surface area (Å²) in [5.74, 6) is -2.24. The second kappa shape index (κ2) is 16.5. The van der Waals surface area contributed by atoms with Gasteiger partial charge >= 0.3 is 20.1 Å². The van der Waals surface area contributed by atoms with Crippen molar-refractivity contribution < 1.29 is 53.8 Å². The Balaban J connectivity index is 0.000000837. The van der Waals surface area contributed by atoms with Gasteiger partial charge in [0.05, 0.1) is 0 Å². The first-order valence-corrected chi connectivity index (χ1v) is 12.4. The van der Waals surface area contributed by atoms with Gasteiger partial charge in [-0.15, -0.1) is 33.7 Å². The first-order chi connectivity index (χ1) is 26.1. The van der Waals surface area contributed by atoms with Crippen molar-refractivity contribution in [1.82, 2.24) is 0 Å². The fraction of sp³-hybridized carbons (Fsp3) is 0.455. The Morgan fingerprint density at radius 1 is 0.537 bits per heavy atom. The third-order valence-corrected chi connectivity index (χ3v) is 4.34. The van der Waals surface area contributed by atoms with E-state index in [2.05, 4.69) is 16.0 Å². The minimum absolute atomic E-state index is 0.255. The quantitative estimate of drug-likeness (QED) is 0.286. The van der Waals surface area contributed by atoms with Crippen LogP contribution in [0, 0.1) is 42.4 Å². The topological polar surface area (TPSA) is 66.1 Å². The SMILES string of the molecule is [2H]C([2H])([2H])C(C)([N-]c1cc(C)ccc1F)C([2H])([2H])[2H].[2H]C([2H])([2H])C(C)([N-]c1cc(C)ccc1F)C([2H])([2H])[2H].[2H]C([2H])([2H])C(C)([N-]c1cc(C)ccc1F)C([2H])([2H])[2H].[N]#[Cr]. The fourth-order valence-corrected chi connectivity index (χ4v) is 2.85. The molecule has 0 amide bonds. The molecule has 0 unspecified atom stereocenters. The number of hydrogen-bond acceptors (Lipinski definition) is 1. The van der Waals surface area contributed by atoms with Crippen LogP contribution in [0.15, 0.2) is 54.6 Å². The van der Waals surface area contributed by atoms with Crippen LogP contribution in [0.3, 0.4) is 0 Å². The average Bonchev–Trinajstić information content (AvgIpc) is 3.04. The average molecular weight is 625 g/mol. The molecule has 0 radical (unpaired) electrons. The summed E-state index contributed by atoms with van der Waals surface area (Å²) >= 11 is 1.62. The Bertz CT molecular complexity index is 1620. The molecule has 3 rings (SSSR count). The zero-order valence-electron chi connectivity index (χ0n) is 41.5. The molecule has 0 N–H and O–H groups in total. The van der Waals surface area contributed by atoms with Crippen molar-refractivity contribution >= 4 is 17.1 Å². The van der Waals surface area contributed by atoms with Gasteiger partial charge in [0.1, 0.15) is 17.5 Å². The van der Waals surface area contributed by atoms with Gasteiger partial charge in [0.15, 0.2) is 0 Å². The normalized spacial score (nSPS) is 19.3. The van der Waals surface area contributed by atoms with Gasteiger partial charge in [-0.2, -0.15) is 0 Å². The molecule has 0 aliphatic heterocycles. The first kappa shape index (κ1) is 17.3. The second-order valence-electron chi connectivity index (χ2n) is 9.42. The summed E-state index contributed by atoms with van der Waals surface area (Å²) < 4.78 is 180. The molecule has 0 fully saturated rings. The summed E-state index contributed by atoms with van der Waals surface area (Å²) in [5, 5.41) is 11.1. The molecule has 3 aromatic rings. The van der Waals surface area contributed by atoms with Crippen molar-refractivity contribution in [3.8, 4) is 0 Å². The molecule has 0 heterocycles. The van der Waals surface area contributed by atoms with Crippen LogP contribution in [-0.2, 0) is 15.9 Å². The molecular formula is C33H45CrF3N4-3. The van der Waals surface area contributed by atoms with E-state index in [0.717, 1.165) is 39.0 Å². The van der Waals surface area contributed by atoms with Crippen LogP contribution < -0.4 is 0 Å². The van der Waals surface area contributed by atoms with E-state index in [-0.39, 0.29) is 17.1 Å². The molecule has 0 saturated carbocycles. The van der Waals surface area contributed by atoms with Crippen molar-refractivity contribution in [3.05, 3.63) is 105 Å². The Labute approximate surface area is 279 Å². The van der Waals surface area contributed by atoms with Crippen molar-refractivity contribution in [3.63, 3.8) is 0 Å². The summed E-state index contributed by atoms with van der Waals surface area (Å²) in [6.07, 6.45) is 0. The molecule has 41 heavy (non-hydrogen) atoms. The molecular weight excluding hydrogens is 561 g/mol. The van der Waals surface area contributed by atoms with Gasteiger partial charge in [0.2, 0.25) is 0 Å². The number of nitrogens with zero attached hydrogens (tertiary/aromatic N) is 4. The van der Waals surface area contributed by atoms with Crippen LogP contribution >= 0.6 is 0 Å². The number of aryl methyl sites for hydroxylation is 3. The Hall–Kier alpha value is -2.91. The standard InChI is InChI=1S/3C11H15FN.Cr.N/c3*1-8-5-6-9(12)10(7-8)13-11(2,3)4;;/h3*5-7H,1-4H3;;/q3*-1;;/i3*2D3,3D3;;. The zero-order valence-corrected chi connectivity index (χ0v) is 24.8. The van der Waals surface area contributed by atoms with E-state index in [1.54, 1.807) is 36.7 Å². The Morgan fingerprint density at radius 3 is 0.951 bits per heavy atom. The monoisotopic (exact) mass is 624 g/mol.